The molecule has 0 fully saturated rings. The first-order valence-electron chi connectivity index (χ1n) is 6.89. The molecule has 0 saturated carbocycles. The van der Waals surface area contributed by atoms with Crippen LogP contribution in [0.15, 0.2) is 0 Å². The van der Waals surface area contributed by atoms with Crippen LogP contribution in [0.1, 0.15) is 39.0 Å². The molecule has 0 aliphatic heterocycles. The number of carboxylic acids is 2. The molecule has 5 nitrogen and oxygen atoms in total. The highest BCUT2D eigenvalue weighted by atomic mass is 28.4. The maximum absolute atomic E-state index is 10.7. The summed E-state index contributed by atoms with van der Waals surface area (Å²) in [5.74, 6) is -3.80. The van der Waals surface area contributed by atoms with Gasteiger partial charge >= 0.3 is 11.9 Å². The van der Waals surface area contributed by atoms with E-state index in [1.54, 1.807) is 0 Å². The van der Waals surface area contributed by atoms with Gasteiger partial charge in [0.15, 0.2) is 14.2 Å². The van der Waals surface area contributed by atoms with Crippen LogP contribution < -0.4 is 0 Å². The average molecular weight is 290 g/mol. The van der Waals surface area contributed by atoms with Gasteiger partial charge in [-0.3, -0.25) is 9.59 Å². The van der Waals surface area contributed by atoms with Crippen LogP contribution in [0, 0.1) is 5.92 Å². The fourth-order valence-electron chi connectivity index (χ4n) is 1.83. The fraction of sp³-hybridized carbons (Fsp3) is 0.846. The molecule has 0 aromatic carbocycles. The highest BCUT2D eigenvalue weighted by Gasteiger charge is 2.25. The molecule has 0 aliphatic rings. The van der Waals surface area contributed by atoms with Crippen LogP contribution in [0.2, 0.25) is 19.1 Å². The van der Waals surface area contributed by atoms with E-state index in [0.717, 1.165) is 12.5 Å². The number of carboxylic acid groups (broad SMARTS) is 2. The molecule has 0 rings (SSSR count). The van der Waals surface area contributed by atoms with Gasteiger partial charge in [-0.25, -0.2) is 0 Å². The minimum Gasteiger partial charge on any atom is -0.481 e. The van der Waals surface area contributed by atoms with Gasteiger partial charge in [0.1, 0.15) is 0 Å². The van der Waals surface area contributed by atoms with Gasteiger partial charge in [0, 0.05) is 6.61 Å². The van der Waals surface area contributed by atoms with Crippen molar-refractivity contribution in [2.24, 2.45) is 5.92 Å². The van der Waals surface area contributed by atoms with E-state index in [1.165, 1.54) is 12.8 Å². The Hall–Kier alpha value is -0.883. The van der Waals surface area contributed by atoms with Gasteiger partial charge in [-0.15, -0.1) is 0 Å². The first-order chi connectivity index (χ1) is 8.80. The summed E-state index contributed by atoms with van der Waals surface area (Å²) in [5, 5.41) is 17.4. The molecule has 0 spiro atoms. The van der Waals surface area contributed by atoms with Gasteiger partial charge in [-0.1, -0.05) is 19.8 Å². The van der Waals surface area contributed by atoms with Gasteiger partial charge in [0.25, 0.3) is 0 Å². The number of carbonyl (C=O) groups is 2. The van der Waals surface area contributed by atoms with E-state index in [2.05, 4.69) is 20.0 Å². The lowest BCUT2D eigenvalue weighted by atomic mass is 10.0. The van der Waals surface area contributed by atoms with Crippen LogP contribution in [0.5, 0.6) is 0 Å². The SMILES string of the molecule is CCCC[Si](C)(C)OCCCCC(C(=O)O)C(=O)O. The number of hydrogen-bond acceptors (Lipinski definition) is 3. The van der Waals surface area contributed by atoms with E-state index < -0.39 is 26.2 Å². The standard InChI is InChI=1S/C13H26O5Si/c1-4-5-10-19(2,3)18-9-7-6-8-11(12(14)15)13(16)17/h11H,4-10H2,1-3H3,(H,14,15)(H,16,17). The molecule has 0 aromatic heterocycles. The molecule has 0 atom stereocenters. The minimum absolute atomic E-state index is 0.172. The quantitative estimate of drug-likeness (QED) is 0.347. The topological polar surface area (TPSA) is 83.8 Å². The second-order valence-corrected chi connectivity index (χ2v) is 9.74. The lowest BCUT2D eigenvalue weighted by molar-refractivity contribution is -0.154. The van der Waals surface area contributed by atoms with Crippen molar-refractivity contribution in [3.05, 3.63) is 0 Å². The largest absolute Gasteiger partial charge is 0.481 e. The summed E-state index contributed by atoms with van der Waals surface area (Å²) in [5.41, 5.74) is 0. The van der Waals surface area contributed by atoms with Crippen molar-refractivity contribution in [3.8, 4) is 0 Å². The van der Waals surface area contributed by atoms with Gasteiger partial charge in [0.05, 0.1) is 0 Å². The van der Waals surface area contributed by atoms with Gasteiger partial charge in [-0.05, 0) is 38.4 Å². The van der Waals surface area contributed by atoms with E-state index in [0.29, 0.717) is 13.0 Å². The van der Waals surface area contributed by atoms with Crippen molar-refractivity contribution in [2.45, 2.75) is 58.2 Å². The molecule has 6 heteroatoms. The zero-order valence-corrected chi connectivity index (χ0v) is 13.1. The molecule has 0 bridgehead atoms. The van der Waals surface area contributed by atoms with E-state index in [1.807, 2.05) is 0 Å². The molecule has 0 aromatic rings. The molecule has 0 aliphatic carbocycles. The van der Waals surface area contributed by atoms with E-state index in [-0.39, 0.29) is 6.42 Å². The third kappa shape index (κ3) is 8.77. The summed E-state index contributed by atoms with van der Waals surface area (Å²) >= 11 is 0. The van der Waals surface area contributed by atoms with Crippen LogP contribution in [0.4, 0.5) is 0 Å². The number of hydrogen-bond donors (Lipinski definition) is 2. The lowest BCUT2D eigenvalue weighted by Gasteiger charge is -2.22. The van der Waals surface area contributed by atoms with E-state index in [4.69, 9.17) is 14.6 Å². The average Bonchev–Trinajstić information content (AvgIpc) is 2.30. The number of aliphatic carboxylic acids is 2. The zero-order valence-electron chi connectivity index (χ0n) is 12.1. The first-order valence-corrected chi connectivity index (χ1v) is 10.0. The summed E-state index contributed by atoms with van der Waals surface area (Å²) < 4.78 is 5.88. The van der Waals surface area contributed by atoms with Gasteiger partial charge in [-0.2, -0.15) is 0 Å². The summed E-state index contributed by atoms with van der Waals surface area (Å²) in [7, 11) is -1.58. The third-order valence-corrected chi connectivity index (χ3v) is 5.65. The van der Waals surface area contributed by atoms with Gasteiger partial charge in [0.2, 0.25) is 0 Å². The van der Waals surface area contributed by atoms with Crippen molar-refractivity contribution < 1.29 is 24.2 Å². The van der Waals surface area contributed by atoms with Crippen molar-refractivity contribution in [3.63, 3.8) is 0 Å². The van der Waals surface area contributed by atoms with Crippen LogP contribution in [0.3, 0.4) is 0 Å². The Kier molecular flexibility index (Phi) is 8.67. The normalized spacial score (nSPS) is 11.8. The summed E-state index contributed by atoms with van der Waals surface area (Å²) in [4.78, 5) is 21.4. The predicted octanol–water partition coefficient (Wildman–Crippen LogP) is 2.96. The maximum atomic E-state index is 10.7. The Labute approximate surface area is 116 Å². The summed E-state index contributed by atoms with van der Waals surface area (Å²) in [6.07, 6.45) is 3.81. The number of unbranched alkanes of at least 4 members (excludes halogenated alkanes) is 2. The van der Waals surface area contributed by atoms with Crippen LogP contribution >= 0.6 is 0 Å². The van der Waals surface area contributed by atoms with E-state index >= 15 is 0 Å². The van der Waals surface area contributed by atoms with Crippen molar-refractivity contribution in [2.75, 3.05) is 6.61 Å². The molecular formula is C13H26O5Si. The van der Waals surface area contributed by atoms with Crippen LogP contribution in [-0.2, 0) is 14.0 Å². The predicted molar refractivity (Wildman–Crippen MR) is 75.8 cm³/mol. The van der Waals surface area contributed by atoms with E-state index in [9.17, 15) is 9.59 Å². The smallest absolute Gasteiger partial charge is 0.317 e. The molecule has 0 saturated heterocycles. The third-order valence-electron chi connectivity index (χ3n) is 3.11. The Morgan fingerprint density at radius 2 is 1.68 bits per heavy atom. The molecular weight excluding hydrogens is 264 g/mol. The summed E-state index contributed by atoms with van der Waals surface area (Å²) in [6.45, 7) is 7.12. The zero-order chi connectivity index (χ0) is 14.9. The maximum Gasteiger partial charge on any atom is 0.317 e. The highest BCUT2D eigenvalue weighted by molar-refractivity contribution is 6.71. The molecule has 19 heavy (non-hydrogen) atoms. The first kappa shape index (κ1) is 18.1. The number of rotatable bonds is 11. The Morgan fingerprint density at radius 1 is 1.11 bits per heavy atom. The summed E-state index contributed by atoms with van der Waals surface area (Å²) in [6, 6.07) is 1.14. The molecule has 2 N–H and O–H groups in total. The van der Waals surface area contributed by atoms with Crippen LogP contribution in [-0.4, -0.2) is 37.1 Å². The Bertz CT molecular complexity index is 277. The van der Waals surface area contributed by atoms with Crippen molar-refractivity contribution in [1.82, 2.24) is 0 Å². The monoisotopic (exact) mass is 290 g/mol. The van der Waals surface area contributed by atoms with Crippen molar-refractivity contribution >= 4 is 20.3 Å². The fourth-order valence-corrected chi connectivity index (χ4v) is 3.87. The van der Waals surface area contributed by atoms with Crippen LogP contribution in [0.25, 0.3) is 0 Å². The second-order valence-electron chi connectivity index (χ2n) is 5.44. The molecule has 0 heterocycles. The Morgan fingerprint density at radius 3 is 2.16 bits per heavy atom. The molecule has 0 radical (unpaired) electrons. The van der Waals surface area contributed by atoms with Crippen molar-refractivity contribution in [1.29, 1.82) is 0 Å². The minimum atomic E-state index is -1.58. The Balaban J connectivity index is 3.80. The van der Waals surface area contributed by atoms with Gasteiger partial charge < -0.3 is 14.6 Å². The molecule has 112 valence electrons. The highest BCUT2D eigenvalue weighted by Crippen LogP contribution is 2.16. The molecule has 0 unspecified atom stereocenters. The molecule has 0 amide bonds. The lowest BCUT2D eigenvalue weighted by Crippen LogP contribution is -2.30. The second kappa shape index (κ2) is 9.09.